The minimum Gasteiger partial charge on any atom is -0.399 e. The first kappa shape index (κ1) is 15.9. The van der Waals surface area contributed by atoms with Crippen LogP contribution in [0.5, 0.6) is 0 Å². The molecule has 1 saturated heterocycles. The van der Waals surface area contributed by atoms with E-state index in [-0.39, 0.29) is 20.4 Å². The Hall–Kier alpha value is -0.490. The highest BCUT2D eigenvalue weighted by Gasteiger charge is 2.35. The van der Waals surface area contributed by atoms with E-state index in [4.69, 9.17) is 28.9 Å². The summed E-state index contributed by atoms with van der Waals surface area (Å²) in [4.78, 5) is -0.0465. The van der Waals surface area contributed by atoms with Gasteiger partial charge in [-0.15, -0.1) is 0 Å². The predicted octanol–water partition coefficient (Wildman–Crippen LogP) is 3.39. The van der Waals surface area contributed by atoms with Gasteiger partial charge in [-0.05, 0) is 30.4 Å². The summed E-state index contributed by atoms with van der Waals surface area (Å²) in [5.74, 6) is 0. The number of piperidine rings is 1. The maximum atomic E-state index is 12.7. The van der Waals surface area contributed by atoms with Crippen molar-refractivity contribution < 1.29 is 8.42 Å². The van der Waals surface area contributed by atoms with E-state index >= 15 is 0 Å². The number of nitrogens with zero attached hydrogens (tertiary/aromatic N) is 1. The summed E-state index contributed by atoms with van der Waals surface area (Å²) < 4.78 is 26.8. The van der Waals surface area contributed by atoms with Crippen molar-refractivity contribution in [3.05, 3.63) is 22.2 Å². The number of nitrogen functional groups attached to an aromatic ring is 1. The van der Waals surface area contributed by atoms with Gasteiger partial charge in [0.2, 0.25) is 10.0 Å². The van der Waals surface area contributed by atoms with Crippen molar-refractivity contribution in [1.82, 2.24) is 4.31 Å². The highest BCUT2D eigenvalue weighted by Crippen LogP contribution is 2.37. The maximum Gasteiger partial charge on any atom is 0.246 e. The molecular weight excluding hydrogens is 319 g/mol. The number of anilines is 1. The van der Waals surface area contributed by atoms with Gasteiger partial charge in [0.15, 0.2) is 0 Å². The Balaban J connectivity index is 2.37. The molecule has 0 unspecified atom stereocenters. The van der Waals surface area contributed by atoms with Crippen molar-refractivity contribution >= 4 is 38.9 Å². The van der Waals surface area contributed by atoms with Crippen LogP contribution in [0.25, 0.3) is 0 Å². The Kier molecular flexibility index (Phi) is 4.27. The first-order chi connectivity index (χ1) is 9.13. The molecule has 0 amide bonds. The Bertz CT molecular complexity index is 596. The van der Waals surface area contributed by atoms with Crippen LogP contribution in [-0.4, -0.2) is 25.8 Å². The third-order valence-corrected chi connectivity index (χ3v) is 6.52. The Morgan fingerprint density at radius 3 is 2.05 bits per heavy atom. The largest absolute Gasteiger partial charge is 0.399 e. The molecule has 1 aliphatic rings. The van der Waals surface area contributed by atoms with E-state index in [1.807, 2.05) is 0 Å². The van der Waals surface area contributed by atoms with Crippen LogP contribution in [-0.2, 0) is 10.0 Å². The van der Waals surface area contributed by atoms with E-state index in [9.17, 15) is 8.42 Å². The predicted molar refractivity (Wildman–Crippen MR) is 82.6 cm³/mol. The fraction of sp³-hybridized carbons (Fsp3) is 0.538. The second-order valence-corrected chi connectivity index (χ2v) is 8.57. The van der Waals surface area contributed by atoms with Gasteiger partial charge in [-0.3, -0.25) is 0 Å². The van der Waals surface area contributed by atoms with Crippen LogP contribution in [0.2, 0.25) is 10.0 Å². The van der Waals surface area contributed by atoms with Crippen molar-refractivity contribution in [2.75, 3.05) is 18.8 Å². The standard InChI is InChI=1S/C13H18Cl2N2O2S/c1-13(2)3-5-17(6-4-13)20(18,19)12-10(14)7-9(16)8-11(12)15/h7-8H,3-6,16H2,1-2H3. The summed E-state index contributed by atoms with van der Waals surface area (Å²) >= 11 is 12.0. The van der Waals surface area contributed by atoms with Crippen molar-refractivity contribution in [3.63, 3.8) is 0 Å². The molecule has 7 heteroatoms. The molecule has 1 aromatic rings. The molecule has 0 aromatic heterocycles. The van der Waals surface area contributed by atoms with Gasteiger partial charge in [0, 0.05) is 18.8 Å². The lowest BCUT2D eigenvalue weighted by Gasteiger charge is -2.36. The molecule has 1 aliphatic heterocycles. The number of sulfonamides is 1. The van der Waals surface area contributed by atoms with E-state index in [1.54, 1.807) is 0 Å². The molecule has 0 bridgehead atoms. The molecule has 0 radical (unpaired) electrons. The number of hydrogen-bond acceptors (Lipinski definition) is 3. The molecule has 0 atom stereocenters. The summed E-state index contributed by atoms with van der Waals surface area (Å²) in [6.07, 6.45) is 1.63. The first-order valence-electron chi connectivity index (χ1n) is 6.38. The Morgan fingerprint density at radius 1 is 1.15 bits per heavy atom. The molecule has 1 heterocycles. The first-order valence-corrected chi connectivity index (χ1v) is 8.58. The SMILES string of the molecule is CC1(C)CCN(S(=O)(=O)c2c(Cl)cc(N)cc2Cl)CC1. The molecular formula is C13H18Cl2N2O2S. The average Bonchev–Trinajstić information content (AvgIpc) is 2.26. The lowest BCUT2D eigenvalue weighted by atomic mass is 9.83. The van der Waals surface area contributed by atoms with Gasteiger partial charge in [0.25, 0.3) is 0 Å². The lowest BCUT2D eigenvalue weighted by molar-refractivity contribution is 0.196. The van der Waals surface area contributed by atoms with Crippen molar-refractivity contribution in [2.24, 2.45) is 5.41 Å². The quantitative estimate of drug-likeness (QED) is 0.842. The zero-order chi connectivity index (χ0) is 15.1. The summed E-state index contributed by atoms with van der Waals surface area (Å²) in [6, 6.07) is 2.82. The fourth-order valence-corrected chi connectivity index (χ4v) is 4.91. The Labute approximate surface area is 129 Å². The molecule has 1 aromatic carbocycles. The lowest BCUT2D eigenvalue weighted by Crippen LogP contribution is -2.41. The van der Waals surface area contributed by atoms with Crippen LogP contribution in [0, 0.1) is 5.41 Å². The smallest absolute Gasteiger partial charge is 0.246 e. The second kappa shape index (κ2) is 5.37. The molecule has 2 rings (SSSR count). The minimum absolute atomic E-state index is 0.0465. The van der Waals surface area contributed by atoms with E-state index in [0.29, 0.717) is 18.8 Å². The highest BCUT2D eigenvalue weighted by molar-refractivity contribution is 7.89. The van der Waals surface area contributed by atoms with Crippen LogP contribution in [0.3, 0.4) is 0 Å². The Morgan fingerprint density at radius 2 is 1.60 bits per heavy atom. The molecule has 1 fully saturated rings. The van der Waals surface area contributed by atoms with Crippen LogP contribution >= 0.6 is 23.2 Å². The summed E-state index contributed by atoms with van der Waals surface area (Å²) in [5.41, 5.74) is 6.12. The third kappa shape index (κ3) is 3.06. The maximum absolute atomic E-state index is 12.7. The van der Waals surface area contributed by atoms with Crippen molar-refractivity contribution in [1.29, 1.82) is 0 Å². The molecule has 2 N–H and O–H groups in total. The fourth-order valence-electron chi connectivity index (χ4n) is 2.29. The van der Waals surface area contributed by atoms with E-state index in [2.05, 4.69) is 13.8 Å². The van der Waals surface area contributed by atoms with Gasteiger partial charge >= 0.3 is 0 Å². The van der Waals surface area contributed by atoms with Gasteiger partial charge in [-0.2, -0.15) is 4.31 Å². The van der Waals surface area contributed by atoms with E-state index < -0.39 is 10.0 Å². The normalized spacial score (nSPS) is 20.0. The van der Waals surface area contributed by atoms with Crippen molar-refractivity contribution in [3.8, 4) is 0 Å². The van der Waals surface area contributed by atoms with Crippen LogP contribution in [0.15, 0.2) is 17.0 Å². The monoisotopic (exact) mass is 336 g/mol. The topological polar surface area (TPSA) is 63.4 Å². The van der Waals surface area contributed by atoms with Crippen LogP contribution < -0.4 is 5.73 Å². The molecule has 0 aliphatic carbocycles. The van der Waals surface area contributed by atoms with E-state index in [1.165, 1.54) is 16.4 Å². The zero-order valence-electron chi connectivity index (χ0n) is 11.5. The molecule has 0 saturated carbocycles. The number of nitrogens with two attached hydrogens (primary N) is 1. The number of halogens is 2. The summed E-state index contributed by atoms with van der Waals surface area (Å²) in [7, 11) is -3.68. The third-order valence-electron chi connectivity index (χ3n) is 3.69. The average molecular weight is 337 g/mol. The second-order valence-electron chi connectivity index (χ2n) is 5.88. The highest BCUT2D eigenvalue weighted by atomic mass is 35.5. The minimum atomic E-state index is -3.68. The van der Waals surface area contributed by atoms with Gasteiger partial charge in [-0.25, -0.2) is 8.42 Å². The number of benzene rings is 1. The van der Waals surface area contributed by atoms with Gasteiger partial charge in [-0.1, -0.05) is 37.0 Å². The zero-order valence-corrected chi connectivity index (χ0v) is 13.8. The number of hydrogen-bond donors (Lipinski definition) is 1. The summed E-state index contributed by atoms with van der Waals surface area (Å²) in [5, 5.41) is 0.139. The van der Waals surface area contributed by atoms with E-state index in [0.717, 1.165) is 12.8 Å². The van der Waals surface area contributed by atoms with Crippen molar-refractivity contribution in [2.45, 2.75) is 31.6 Å². The van der Waals surface area contributed by atoms with Gasteiger partial charge in [0.1, 0.15) is 4.90 Å². The molecule has 112 valence electrons. The van der Waals surface area contributed by atoms with Crippen LogP contribution in [0.4, 0.5) is 5.69 Å². The number of rotatable bonds is 2. The summed E-state index contributed by atoms with van der Waals surface area (Å²) in [6.45, 7) is 5.24. The van der Waals surface area contributed by atoms with Gasteiger partial charge < -0.3 is 5.73 Å². The molecule has 0 spiro atoms. The van der Waals surface area contributed by atoms with Crippen LogP contribution in [0.1, 0.15) is 26.7 Å². The molecule has 4 nitrogen and oxygen atoms in total. The van der Waals surface area contributed by atoms with Gasteiger partial charge in [0.05, 0.1) is 10.0 Å². The molecule has 20 heavy (non-hydrogen) atoms.